The molecule has 0 bridgehead atoms. The molecule has 1 heterocycles. The lowest BCUT2D eigenvalue weighted by Gasteiger charge is -2.31. The first-order chi connectivity index (χ1) is 10.1. The number of ether oxygens (including phenoxy) is 1. The number of anilines is 1. The quantitative estimate of drug-likeness (QED) is 0.906. The lowest BCUT2D eigenvalue weighted by Crippen LogP contribution is -2.40. The Bertz CT molecular complexity index is 480. The topological polar surface area (TPSA) is 41.6 Å². The van der Waals surface area contributed by atoms with Gasteiger partial charge in [-0.1, -0.05) is 6.07 Å². The van der Waals surface area contributed by atoms with Gasteiger partial charge in [0, 0.05) is 19.4 Å². The molecule has 1 fully saturated rings. The molecular weight excluding hydrogens is 264 g/mol. The van der Waals surface area contributed by atoms with Crippen LogP contribution in [0.1, 0.15) is 24.0 Å². The first-order valence-corrected chi connectivity index (χ1v) is 7.67. The van der Waals surface area contributed by atoms with Crippen LogP contribution in [-0.4, -0.2) is 44.2 Å². The molecule has 1 aliphatic heterocycles. The van der Waals surface area contributed by atoms with Crippen molar-refractivity contribution in [3.63, 3.8) is 0 Å². The van der Waals surface area contributed by atoms with Crippen molar-refractivity contribution in [2.24, 2.45) is 5.92 Å². The van der Waals surface area contributed by atoms with Crippen molar-refractivity contribution in [1.29, 1.82) is 0 Å². The van der Waals surface area contributed by atoms with Gasteiger partial charge >= 0.3 is 0 Å². The van der Waals surface area contributed by atoms with Crippen LogP contribution in [0.15, 0.2) is 18.2 Å². The molecule has 2 rings (SSSR count). The van der Waals surface area contributed by atoms with Gasteiger partial charge in [0.15, 0.2) is 0 Å². The van der Waals surface area contributed by atoms with E-state index in [1.165, 1.54) is 11.1 Å². The Morgan fingerprint density at radius 2 is 2.00 bits per heavy atom. The van der Waals surface area contributed by atoms with Crippen molar-refractivity contribution < 1.29 is 9.53 Å². The molecule has 0 aromatic heterocycles. The first-order valence-electron chi connectivity index (χ1n) is 7.67. The summed E-state index contributed by atoms with van der Waals surface area (Å²) in [5.74, 6) is 0.720. The zero-order chi connectivity index (χ0) is 15.2. The molecule has 1 aromatic rings. The van der Waals surface area contributed by atoms with Crippen LogP contribution in [0.4, 0.5) is 5.69 Å². The maximum Gasteiger partial charge on any atom is 0.238 e. The number of piperidine rings is 1. The predicted molar refractivity (Wildman–Crippen MR) is 85.6 cm³/mol. The van der Waals surface area contributed by atoms with Gasteiger partial charge in [0.25, 0.3) is 0 Å². The van der Waals surface area contributed by atoms with E-state index in [9.17, 15) is 4.79 Å². The van der Waals surface area contributed by atoms with E-state index in [1.807, 2.05) is 18.2 Å². The second-order valence-corrected chi connectivity index (χ2v) is 6.02. The zero-order valence-electron chi connectivity index (χ0n) is 13.3. The number of benzene rings is 1. The summed E-state index contributed by atoms with van der Waals surface area (Å²) in [4.78, 5) is 14.3. The van der Waals surface area contributed by atoms with E-state index in [2.05, 4.69) is 24.1 Å². The fourth-order valence-corrected chi connectivity index (χ4v) is 2.77. The van der Waals surface area contributed by atoms with Crippen LogP contribution >= 0.6 is 0 Å². The average Bonchev–Trinajstić information content (AvgIpc) is 2.45. The Hall–Kier alpha value is -1.39. The first kappa shape index (κ1) is 16.0. The van der Waals surface area contributed by atoms with Crippen LogP contribution < -0.4 is 5.32 Å². The smallest absolute Gasteiger partial charge is 0.238 e. The third-order valence-electron chi connectivity index (χ3n) is 4.27. The summed E-state index contributed by atoms with van der Waals surface area (Å²) < 4.78 is 5.20. The highest BCUT2D eigenvalue weighted by Gasteiger charge is 2.20. The van der Waals surface area contributed by atoms with E-state index >= 15 is 0 Å². The SMILES string of the molecule is COCC1CCN(CC(=O)Nc2ccc(C)c(C)c2)CC1. The van der Waals surface area contributed by atoms with Crippen molar-refractivity contribution in [1.82, 2.24) is 4.90 Å². The molecule has 0 unspecified atom stereocenters. The van der Waals surface area contributed by atoms with Crippen LogP contribution in [0.25, 0.3) is 0 Å². The van der Waals surface area contributed by atoms with Crippen molar-refractivity contribution in [2.45, 2.75) is 26.7 Å². The van der Waals surface area contributed by atoms with Gasteiger partial charge in [0.05, 0.1) is 6.54 Å². The second-order valence-electron chi connectivity index (χ2n) is 6.02. The molecule has 1 saturated heterocycles. The van der Waals surface area contributed by atoms with Crippen molar-refractivity contribution in [2.75, 3.05) is 38.7 Å². The summed E-state index contributed by atoms with van der Waals surface area (Å²) in [5, 5.41) is 2.99. The van der Waals surface area contributed by atoms with E-state index in [1.54, 1.807) is 7.11 Å². The molecule has 0 saturated carbocycles. The highest BCUT2D eigenvalue weighted by molar-refractivity contribution is 5.92. The van der Waals surface area contributed by atoms with Gasteiger partial charge in [-0.3, -0.25) is 9.69 Å². The van der Waals surface area contributed by atoms with Crippen molar-refractivity contribution in [3.05, 3.63) is 29.3 Å². The summed E-state index contributed by atoms with van der Waals surface area (Å²) in [7, 11) is 1.75. The molecule has 21 heavy (non-hydrogen) atoms. The van der Waals surface area contributed by atoms with Crippen LogP contribution in [-0.2, 0) is 9.53 Å². The van der Waals surface area contributed by atoms with Gasteiger partial charge in [0.2, 0.25) is 5.91 Å². The second kappa shape index (κ2) is 7.57. The van der Waals surface area contributed by atoms with Gasteiger partial charge in [-0.15, -0.1) is 0 Å². The fraction of sp³-hybridized carbons (Fsp3) is 0.588. The van der Waals surface area contributed by atoms with E-state index in [-0.39, 0.29) is 5.91 Å². The number of methoxy groups -OCH3 is 1. The molecule has 116 valence electrons. The van der Waals surface area contributed by atoms with Gasteiger partial charge in [-0.05, 0) is 69.0 Å². The number of amides is 1. The zero-order valence-corrected chi connectivity index (χ0v) is 13.3. The Balaban J connectivity index is 1.78. The summed E-state index contributed by atoms with van der Waals surface area (Å²) in [6.45, 7) is 7.41. The van der Waals surface area contributed by atoms with Gasteiger partial charge < -0.3 is 10.1 Å². The minimum absolute atomic E-state index is 0.0726. The van der Waals surface area contributed by atoms with E-state index in [4.69, 9.17) is 4.74 Å². The predicted octanol–water partition coefficient (Wildman–Crippen LogP) is 2.60. The Morgan fingerprint density at radius 1 is 1.29 bits per heavy atom. The van der Waals surface area contributed by atoms with Crippen LogP contribution in [0, 0.1) is 19.8 Å². The number of carbonyl (C=O) groups is 1. The molecule has 1 N–H and O–H groups in total. The number of rotatable bonds is 5. The number of aryl methyl sites for hydroxylation is 2. The monoisotopic (exact) mass is 290 g/mol. The maximum absolute atomic E-state index is 12.1. The third-order valence-corrected chi connectivity index (χ3v) is 4.27. The summed E-state index contributed by atoms with van der Waals surface area (Å²) >= 11 is 0. The van der Waals surface area contributed by atoms with Crippen LogP contribution in [0.5, 0.6) is 0 Å². The Labute approximate surface area is 127 Å². The lowest BCUT2D eigenvalue weighted by molar-refractivity contribution is -0.117. The fourth-order valence-electron chi connectivity index (χ4n) is 2.77. The molecule has 0 aliphatic carbocycles. The molecular formula is C17H26N2O2. The number of nitrogens with zero attached hydrogens (tertiary/aromatic N) is 1. The van der Waals surface area contributed by atoms with E-state index in [0.717, 1.165) is 38.2 Å². The summed E-state index contributed by atoms with van der Waals surface area (Å²) in [6.07, 6.45) is 2.23. The molecule has 1 amide bonds. The number of carbonyl (C=O) groups excluding carboxylic acids is 1. The average molecular weight is 290 g/mol. The normalized spacial score (nSPS) is 16.9. The highest BCUT2D eigenvalue weighted by atomic mass is 16.5. The molecule has 0 atom stereocenters. The molecule has 4 nitrogen and oxygen atoms in total. The summed E-state index contributed by atoms with van der Waals surface area (Å²) in [5.41, 5.74) is 3.33. The number of hydrogen-bond acceptors (Lipinski definition) is 3. The molecule has 1 aliphatic rings. The molecule has 0 spiro atoms. The van der Waals surface area contributed by atoms with Crippen molar-refractivity contribution in [3.8, 4) is 0 Å². The van der Waals surface area contributed by atoms with Crippen LogP contribution in [0.3, 0.4) is 0 Å². The Morgan fingerprint density at radius 3 is 2.62 bits per heavy atom. The van der Waals surface area contributed by atoms with E-state index < -0.39 is 0 Å². The standard InChI is InChI=1S/C17H26N2O2/c1-13-4-5-16(10-14(13)2)18-17(20)11-19-8-6-15(7-9-19)12-21-3/h4-5,10,15H,6-9,11-12H2,1-3H3,(H,18,20). The largest absolute Gasteiger partial charge is 0.384 e. The van der Waals surface area contributed by atoms with E-state index in [0.29, 0.717) is 12.5 Å². The van der Waals surface area contributed by atoms with Gasteiger partial charge in [-0.25, -0.2) is 0 Å². The maximum atomic E-state index is 12.1. The lowest BCUT2D eigenvalue weighted by atomic mass is 9.98. The molecule has 1 aromatic carbocycles. The van der Waals surface area contributed by atoms with Gasteiger partial charge in [-0.2, -0.15) is 0 Å². The number of likely N-dealkylation sites (tertiary alicyclic amines) is 1. The van der Waals surface area contributed by atoms with Gasteiger partial charge in [0.1, 0.15) is 0 Å². The molecule has 0 radical (unpaired) electrons. The van der Waals surface area contributed by atoms with Crippen molar-refractivity contribution >= 4 is 11.6 Å². The number of hydrogen-bond donors (Lipinski definition) is 1. The summed E-state index contributed by atoms with van der Waals surface area (Å²) in [6, 6.07) is 6.03. The Kier molecular flexibility index (Phi) is 5.76. The van der Waals surface area contributed by atoms with Crippen LogP contribution in [0.2, 0.25) is 0 Å². The number of nitrogens with one attached hydrogen (secondary N) is 1. The third kappa shape index (κ3) is 4.83. The molecule has 4 heteroatoms. The minimum atomic E-state index is 0.0726. The minimum Gasteiger partial charge on any atom is -0.384 e. The highest BCUT2D eigenvalue weighted by Crippen LogP contribution is 2.18.